The van der Waals surface area contributed by atoms with Crippen LogP contribution in [0, 0.1) is 0 Å². The van der Waals surface area contributed by atoms with E-state index in [0.717, 1.165) is 11.2 Å². The van der Waals surface area contributed by atoms with Crippen LogP contribution in [0.2, 0.25) is 0 Å². The molecule has 3 rings (SSSR count). The lowest BCUT2D eigenvalue weighted by Crippen LogP contribution is -2.07. The van der Waals surface area contributed by atoms with Crippen LogP contribution in [0.1, 0.15) is 11.1 Å². The van der Waals surface area contributed by atoms with Crippen molar-refractivity contribution in [3.05, 3.63) is 59.8 Å². The van der Waals surface area contributed by atoms with E-state index in [1.54, 1.807) is 4.52 Å². The van der Waals surface area contributed by atoms with Gasteiger partial charge in [-0.1, -0.05) is 30.3 Å². The first kappa shape index (κ1) is 11.7. The van der Waals surface area contributed by atoms with Gasteiger partial charge < -0.3 is 11.1 Å². The lowest BCUT2D eigenvalue weighted by atomic mass is 10.1. The molecule has 0 aliphatic heterocycles. The van der Waals surface area contributed by atoms with Gasteiger partial charge in [0.2, 0.25) is 5.95 Å². The van der Waals surface area contributed by atoms with Gasteiger partial charge in [-0.2, -0.15) is 4.98 Å². The highest BCUT2D eigenvalue weighted by Crippen LogP contribution is 2.11. The summed E-state index contributed by atoms with van der Waals surface area (Å²) in [6, 6.07) is 13.9. The molecule has 0 atom stereocenters. The van der Waals surface area contributed by atoms with Crippen LogP contribution in [0.15, 0.2) is 48.7 Å². The predicted octanol–water partition coefficient (Wildman–Crippen LogP) is 1.80. The molecule has 2 heterocycles. The van der Waals surface area contributed by atoms with Crippen molar-refractivity contribution in [2.24, 2.45) is 5.73 Å². The minimum atomic E-state index is 0.538. The Morgan fingerprint density at radius 2 is 1.84 bits per heavy atom. The van der Waals surface area contributed by atoms with Crippen molar-refractivity contribution in [2.45, 2.75) is 13.1 Å². The van der Waals surface area contributed by atoms with Crippen LogP contribution in [0.5, 0.6) is 0 Å². The van der Waals surface area contributed by atoms with Crippen molar-refractivity contribution in [3.63, 3.8) is 0 Å². The van der Waals surface area contributed by atoms with E-state index < -0.39 is 0 Å². The summed E-state index contributed by atoms with van der Waals surface area (Å²) in [5, 5.41) is 7.57. The molecule has 0 aliphatic carbocycles. The zero-order chi connectivity index (χ0) is 13.1. The largest absolute Gasteiger partial charge is 0.349 e. The number of nitrogens with zero attached hydrogens (tertiary/aromatic N) is 3. The van der Waals surface area contributed by atoms with Gasteiger partial charge >= 0.3 is 0 Å². The first-order valence-electron chi connectivity index (χ1n) is 6.19. The fraction of sp³-hybridized carbons (Fsp3) is 0.143. The van der Waals surface area contributed by atoms with Gasteiger partial charge in [0.25, 0.3) is 0 Å². The molecule has 5 heteroatoms. The predicted molar refractivity (Wildman–Crippen MR) is 74.6 cm³/mol. The molecule has 0 amide bonds. The van der Waals surface area contributed by atoms with Gasteiger partial charge in [-0.3, -0.25) is 0 Å². The molecule has 3 N–H and O–H groups in total. The minimum Gasteiger partial charge on any atom is -0.349 e. The summed E-state index contributed by atoms with van der Waals surface area (Å²) in [6.07, 6.45) is 1.88. The molecular weight excluding hydrogens is 238 g/mol. The number of hydrogen-bond donors (Lipinski definition) is 2. The van der Waals surface area contributed by atoms with Crippen LogP contribution in [0.4, 0.5) is 5.95 Å². The molecule has 96 valence electrons. The topological polar surface area (TPSA) is 68.2 Å². The second kappa shape index (κ2) is 5.07. The van der Waals surface area contributed by atoms with Crippen molar-refractivity contribution in [1.29, 1.82) is 0 Å². The Morgan fingerprint density at radius 3 is 2.63 bits per heavy atom. The van der Waals surface area contributed by atoms with Crippen molar-refractivity contribution in [1.82, 2.24) is 14.6 Å². The third-order valence-electron chi connectivity index (χ3n) is 3.02. The summed E-state index contributed by atoms with van der Waals surface area (Å²) >= 11 is 0. The van der Waals surface area contributed by atoms with Crippen LogP contribution in [-0.2, 0) is 13.1 Å². The van der Waals surface area contributed by atoms with E-state index in [9.17, 15) is 0 Å². The zero-order valence-electron chi connectivity index (χ0n) is 10.5. The second-order valence-corrected chi connectivity index (χ2v) is 4.27. The van der Waals surface area contributed by atoms with Crippen LogP contribution < -0.4 is 11.1 Å². The fourth-order valence-electron chi connectivity index (χ4n) is 2.01. The first-order chi connectivity index (χ1) is 9.36. The van der Waals surface area contributed by atoms with E-state index in [-0.39, 0.29) is 0 Å². The summed E-state index contributed by atoms with van der Waals surface area (Å²) in [4.78, 5) is 4.39. The molecule has 0 fully saturated rings. The number of hydrogen-bond acceptors (Lipinski definition) is 4. The molecule has 1 aromatic carbocycles. The molecule has 19 heavy (non-hydrogen) atoms. The lowest BCUT2D eigenvalue weighted by molar-refractivity contribution is 0.942. The van der Waals surface area contributed by atoms with E-state index in [1.807, 2.05) is 42.6 Å². The number of pyridine rings is 1. The van der Waals surface area contributed by atoms with Crippen LogP contribution in [0.25, 0.3) is 5.65 Å². The lowest BCUT2D eigenvalue weighted by Gasteiger charge is -2.07. The average Bonchev–Trinajstić information content (AvgIpc) is 2.88. The average molecular weight is 253 g/mol. The maximum absolute atomic E-state index is 5.72. The van der Waals surface area contributed by atoms with E-state index >= 15 is 0 Å². The highest BCUT2D eigenvalue weighted by atomic mass is 15.3. The molecule has 0 spiro atoms. The van der Waals surface area contributed by atoms with Crippen molar-refractivity contribution in [2.75, 3.05) is 5.32 Å². The molecule has 5 nitrogen and oxygen atoms in total. The summed E-state index contributed by atoms with van der Waals surface area (Å²) in [5.74, 6) is 0.623. The van der Waals surface area contributed by atoms with E-state index in [1.165, 1.54) is 5.56 Å². The molecule has 0 saturated heterocycles. The molecule has 0 radical (unpaired) electrons. The first-order valence-corrected chi connectivity index (χ1v) is 6.19. The number of fused-ring (bicyclic) bond motifs is 1. The van der Waals surface area contributed by atoms with Gasteiger partial charge in [-0.05, 0) is 23.3 Å². The van der Waals surface area contributed by atoms with Crippen LogP contribution in [0.3, 0.4) is 0 Å². The molecule has 3 aromatic rings. The van der Waals surface area contributed by atoms with E-state index in [0.29, 0.717) is 19.0 Å². The summed E-state index contributed by atoms with van der Waals surface area (Å²) in [5.41, 5.74) is 8.86. The van der Waals surface area contributed by atoms with Crippen molar-refractivity contribution in [3.8, 4) is 0 Å². The van der Waals surface area contributed by atoms with Crippen LogP contribution in [-0.4, -0.2) is 14.6 Å². The highest BCUT2D eigenvalue weighted by molar-refractivity contribution is 5.43. The fourth-order valence-corrected chi connectivity index (χ4v) is 2.01. The molecule has 0 saturated carbocycles. The summed E-state index contributed by atoms with van der Waals surface area (Å²) in [7, 11) is 0. The summed E-state index contributed by atoms with van der Waals surface area (Å²) < 4.78 is 1.75. The van der Waals surface area contributed by atoms with Crippen molar-refractivity contribution < 1.29 is 0 Å². The number of nitrogens with two attached hydrogens (primary N) is 1. The number of rotatable bonds is 4. The third-order valence-corrected chi connectivity index (χ3v) is 3.02. The molecule has 0 bridgehead atoms. The van der Waals surface area contributed by atoms with Gasteiger partial charge in [-0.15, -0.1) is 5.10 Å². The van der Waals surface area contributed by atoms with Gasteiger partial charge in [0, 0.05) is 19.3 Å². The monoisotopic (exact) mass is 253 g/mol. The molecule has 0 aliphatic rings. The standard InChI is InChI=1S/C14H15N5/c15-9-11-5-1-2-6-12(11)10-16-14-17-13-7-3-4-8-19(13)18-14/h1-8H,9-10,15H2,(H,16,18). The molecule has 0 unspecified atom stereocenters. The quantitative estimate of drug-likeness (QED) is 0.744. The van der Waals surface area contributed by atoms with Gasteiger partial charge in [-0.25, -0.2) is 4.52 Å². The van der Waals surface area contributed by atoms with Crippen LogP contribution >= 0.6 is 0 Å². The number of anilines is 1. The smallest absolute Gasteiger partial charge is 0.243 e. The second-order valence-electron chi connectivity index (χ2n) is 4.27. The Hall–Kier alpha value is -2.40. The number of aromatic nitrogens is 3. The summed E-state index contributed by atoms with van der Waals surface area (Å²) in [6.45, 7) is 1.21. The van der Waals surface area contributed by atoms with E-state index in [4.69, 9.17) is 5.73 Å². The van der Waals surface area contributed by atoms with Crippen molar-refractivity contribution >= 4 is 11.6 Å². The van der Waals surface area contributed by atoms with Gasteiger partial charge in [0.05, 0.1) is 0 Å². The Morgan fingerprint density at radius 1 is 1.05 bits per heavy atom. The Bertz CT molecular complexity index is 656. The molecule has 2 aromatic heterocycles. The van der Waals surface area contributed by atoms with Gasteiger partial charge in [0.15, 0.2) is 5.65 Å². The van der Waals surface area contributed by atoms with Gasteiger partial charge in [0.1, 0.15) is 0 Å². The number of nitrogens with one attached hydrogen (secondary N) is 1. The normalized spacial score (nSPS) is 10.8. The maximum atomic E-state index is 5.72. The number of benzene rings is 1. The SMILES string of the molecule is NCc1ccccc1CNc1nc2ccccn2n1. The third kappa shape index (κ3) is 2.41. The Kier molecular flexibility index (Phi) is 3.12. The maximum Gasteiger partial charge on any atom is 0.243 e. The molecular formula is C14H15N5. The zero-order valence-corrected chi connectivity index (χ0v) is 10.5. The van der Waals surface area contributed by atoms with E-state index in [2.05, 4.69) is 21.5 Å². The highest BCUT2D eigenvalue weighted by Gasteiger charge is 2.04. The Balaban J connectivity index is 1.78. The Labute approximate surface area is 111 Å². The minimum absolute atomic E-state index is 0.538.